The Morgan fingerprint density at radius 3 is 2.27 bits per heavy atom. The number of rotatable bonds is 7. The molecule has 0 aromatic carbocycles. The summed E-state index contributed by atoms with van der Waals surface area (Å²) < 4.78 is 0. The number of hydrogen-bond donors (Lipinski definition) is 0. The molecule has 0 rings (SSSR count). The number of hydrogen-bond acceptors (Lipinski definition) is 2. The van der Waals surface area contributed by atoms with Crippen molar-refractivity contribution in [1.29, 1.82) is 0 Å². The van der Waals surface area contributed by atoms with Crippen LogP contribution in [0.4, 0.5) is 0 Å². The summed E-state index contributed by atoms with van der Waals surface area (Å²) in [5.74, 6) is 0.192. The highest BCUT2D eigenvalue weighted by Crippen LogP contribution is 1.97. The van der Waals surface area contributed by atoms with E-state index in [9.17, 15) is 4.79 Å². The number of carbonyl (C=O) groups excluding carboxylic acids is 1. The predicted octanol–water partition coefficient (Wildman–Crippen LogP) is 2.51. The van der Waals surface area contributed by atoms with Crippen molar-refractivity contribution in [2.75, 3.05) is 19.6 Å². The van der Waals surface area contributed by atoms with Crippen molar-refractivity contribution in [3.05, 3.63) is 0 Å². The fraction of sp³-hybridized carbons (Fsp3) is 0.833. The molecule has 0 aromatic heterocycles. The molecule has 88 valence electrons. The third-order valence-electron chi connectivity index (χ3n) is 2.42. The third kappa shape index (κ3) is 6.26. The number of unbranched alkanes of at least 4 members (excludes halogenated alkanes) is 1. The van der Waals surface area contributed by atoms with E-state index in [-0.39, 0.29) is 5.91 Å². The first-order chi connectivity index (χ1) is 7.15. The predicted molar refractivity (Wildman–Crippen MR) is 65.4 cm³/mol. The van der Waals surface area contributed by atoms with Gasteiger partial charge in [0.2, 0.25) is 5.91 Å². The maximum Gasteiger partial charge on any atom is 0.228 e. The van der Waals surface area contributed by atoms with E-state index in [1.54, 1.807) is 0 Å². The van der Waals surface area contributed by atoms with Crippen LogP contribution in [0.3, 0.4) is 0 Å². The summed E-state index contributed by atoms with van der Waals surface area (Å²) in [6.45, 7) is 10.5. The Balaban J connectivity index is 3.99. The number of aliphatic imine (C=N–C) groups is 1. The maximum absolute atomic E-state index is 11.7. The van der Waals surface area contributed by atoms with Crippen LogP contribution in [0, 0.1) is 0 Å². The Bertz CT molecular complexity index is 208. The first-order valence-corrected chi connectivity index (χ1v) is 5.93. The Kier molecular flexibility index (Phi) is 7.96. The molecule has 0 spiro atoms. The lowest BCUT2D eigenvalue weighted by Crippen LogP contribution is -2.31. The Labute approximate surface area is 93.6 Å². The Morgan fingerprint density at radius 2 is 1.80 bits per heavy atom. The van der Waals surface area contributed by atoms with Crippen molar-refractivity contribution in [2.24, 2.45) is 4.99 Å². The van der Waals surface area contributed by atoms with Crippen LogP contribution in [0.15, 0.2) is 4.99 Å². The van der Waals surface area contributed by atoms with Gasteiger partial charge in [0.05, 0.1) is 6.42 Å². The summed E-state index contributed by atoms with van der Waals surface area (Å²) in [5, 5.41) is 0. The van der Waals surface area contributed by atoms with E-state index in [2.05, 4.69) is 11.9 Å². The zero-order chi connectivity index (χ0) is 11.7. The second kappa shape index (κ2) is 8.45. The molecule has 0 aliphatic rings. The van der Waals surface area contributed by atoms with Gasteiger partial charge in [-0.05, 0) is 27.2 Å². The van der Waals surface area contributed by atoms with Gasteiger partial charge >= 0.3 is 0 Å². The van der Waals surface area contributed by atoms with Gasteiger partial charge in [0.1, 0.15) is 0 Å². The number of amides is 1. The molecule has 0 radical (unpaired) electrons. The molecule has 0 saturated heterocycles. The van der Waals surface area contributed by atoms with Crippen LogP contribution in [0.2, 0.25) is 0 Å². The minimum atomic E-state index is 0.192. The summed E-state index contributed by atoms with van der Waals surface area (Å²) in [6.07, 6.45) is 2.74. The average Bonchev–Trinajstić information content (AvgIpc) is 2.20. The summed E-state index contributed by atoms with van der Waals surface area (Å²) in [6, 6.07) is 0. The van der Waals surface area contributed by atoms with E-state index in [4.69, 9.17) is 0 Å². The lowest BCUT2D eigenvalue weighted by atomic mass is 10.2. The molecule has 0 aliphatic heterocycles. The van der Waals surface area contributed by atoms with Crippen molar-refractivity contribution < 1.29 is 4.79 Å². The van der Waals surface area contributed by atoms with Crippen molar-refractivity contribution in [2.45, 2.75) is 47.0 Å². The fourth-order valence-corrected chi connectivity index (χ4v) is 1.39. The van der Waals surface area contributed by atoms with Crippen LogP contribution in [-0.2, 0) is 4.79 Å². The highest BCUT2D eigenvalue weighted by atomic mass is 16.2. The third-order valence-corrected chi connectivity index (χ3v) is 2.42. The lowest BCUT2D eigenvalue weighted by molar-refractivity contribution is -0.129. The molecule has 15 heavy (non-hydrogen) atoms. The van der Waals surface area contributed by atoms with Crippen LogP contribution >= 0.6 is 0 Å². The molecule has 0 bridgehead atoms. The molecule has 3 heteroatoms. The van der Waals surface area contributed by atoms with E-state index in [0.29, 0.717) is 6.42 Å². The Morgan fingerprint density at radius 1 is 1.20 bits per heavy atom. The van der Waals surface area contributed by atoms with Crippen molar-refractivity contribution >= 4 is 11.6 Å². The summed E-state index contributed by atoms with van der Waals surface area (Å²) in [4.78, 5) is 17.9. The largest absolute Gasteiger partial charge is 0.343 e. The SMILES string of the molecule is CCCCN=C(C)CC(=O)N(CC)CC. The second-order valence-electron chi connectivity index (χ2n) is 3.71. The van der Waals surface area contributed by atoms with Gasteiger partial charge in [0, 0.05) is 25.3 Å². The molecular formula is C12H24N2O. The minimum absolute atomic E-state index is 0.192. The molecule has 0 saturated carbocycles. The second-order valence-corrected chi connectivity index (χ2v) is 3.71. The fourth-order valence-electron chi connectivity index (χ4n) is 1.39. The highest BCUT2D eigenvalue weighted by molar-refractivity contribution is 5.99. The van der Waals surface area contributed by atoms with E-state index >= 15 is 0 Å². The Hall–Kier alpha value is -0.860. The maximum atomic E-state index is 11.7. The van der Waals surface area contributed by atoms with E-state index in [1.165, 1.54) is 0 Å². The highest BCUT2D eigenvalue weighted by Gasteiger charge is 2.09. The van der Waals surface area contributed by atoms with Gasteiger partial charge in [-0.1, -0.05) is 13.3 Å². The minimum Gasteiger partial charge on any atom is -0.343 e. The number of carbonyl (C=O) groups is 1. The monoisotopic (exact) mass is 212 g/mol. The van der Waals surface area contributed by atoms with Crippen LogP contribution in [0.1, 0.15) is 47.0 Å². The van der Waals surface area contributed by atoms with E-state index in [1.807, 2.05) is 25.7 Å². The zero-order valence-electron chi connectivity index (χ0n) is 10.5. The summed E-state index contributed by atoms with van der Waals surface area (Å²) in [5.41, 5.74) is 0.959. The molecule has 3 nitrogen and oxygen atoms in total. The van der Waals surface area contributed by atoms with Gasteiger partial charge < -0.3 is 4.90 Å². The number of nitrogens with zero attached hydrogens (tertiary/aromatic N) is 2. The smallest absolute Gasteiger partial charge is 0.228 e. The van der Waals surface area contributed by atoms with Crippen LogP contribution in [-0.4, -0.2) is 36.2 Å². The first kappa shape index (κ1) is 14.1. The van der Waals surface area contributed by atoms with Crippen LogP contribution in [0.5, 0.6) is 0 Å². The quantitative estimate of drug-likeness (QED) is 0.471. The van der Waals surface area contributed by atoms with Gasteiger partial charge in [0.15, 0.2) is 0 Å². The summed E-state index contributed by atoms with van der Waals surface area (Å²) >= 11 is 0. The molecule has 0 fully saturated rings. The van der Waals surface area contributed by atoms with Crippen molar-refractivity contribution in [1.82, 2.24) is 4.90 Å². The van der Waals surface area contributed by atoms with Gasteiger partial charge in [0.25, 0.3) is 0 Å². The standard InChI is InChI=1S/C12H24N2O/c1-5-8-9-13-11(4)10-12(15)14(6-2)7-3/h5-10H2,1-4H3. The average molecular weight is 212 g/mol. The van der Waals surface area contributed by atoms with E-state index in [0.717, 1.165) is 38.2 Å². The normalized spacial score (nSPS) is 11.6. The van der Waals surface area contributed by atoms with Gasteiger partial charge in [-0.3, -0.25) is 9.79 Å². The zero-order valence-corrected chi connectivity index (χ0v) is 10.5. The molecule has 0 aliphatic carbocycles. The van der Waals surface area contributed by atoms with Crippen molar-refractivity contribution in [3.8, 4) is 0 Å². The molecule has 0 unspecified atom stereocenters. The van der Waals surface area contributed by atoms with Crippen LogP contribution < -0.4 is 0 Å². The molecule has 0 atom stereocenters. The van der Waals surface area contributed by atoms with Crippen LogP contribution in [0.25, 0.3) is 0 Å². The van der Waals surface area contributed by atoms with Crippen molar-refractivity contribution in [3.63, 3.8) is 0 Å². The summed E-state index contributed by atoms with van der Waals surface area (Å²) in [7, 11) is 0. The molecule has 0 heterocycles. The molecule has 1 amide bonds. The van der Waals surface area contributed by atoms with Gasteiger partial charge in [-0.25, -0.2) is 0 Å². The molecular weight excluding hydrogens is 188 g/mol. The van der Waals surface area contributed by atoms with Gasteiger partial charge in [-0.15, -0.1) is 0 Å². The van der Waals surface area contributed by atoms with Gasteiger partial charge in [-0.2, -0.15) is 0 Å². The topological polar surface area (TPSA) is 32.7 Å². The molecule has 0 N–H and O–H groups in total. The first-order valence-electron chi connectivity index (χ1n) is 5.93. The van der Waals surface area contributed by atoms with E-state index < -0.39 is 0 Å². The molecule has 0 aromatic rings. The lowest BCUT2D eigenvalue weighted by Gasteiger charge is -2.18.